The molecule has 2 heterocycles. The molecule has 34 heavy (non-hydrogen) atoms. The molecule has 178 valence electrons. The zero-order chi connectivity index (χ0) is 24.5. The SMILES string of the molecule is COCCN1C(=O)/C(=C/c2ccc3c(c2)C(C)=CC(C)(C)N3C(C)C)SC1=Nc1ccccc1. The number of thioether (sulfide) groups is 1. The van der Waals surface area contributed by atoms with Gasteiger partial charge in [-0.3, -0.25) is 9.69 Å². The standard InChI is InChI=1S/C28H33N3O2S/c1-19(2)31-24-13-12-21(16-23(24)20(3)18-28(31,4)5)17-25-26(32)30(14-15-33-6)27(34-25)29-22-10-8-7-9-11-22/h7-13,16-19H,14-15H2,1-6H3/b25-17-,29-27?. The Hall–Kier alpha value is -2.83. The van der Waals surface area contributed by atoms with Crippen LogP contribution >= 0.6 is 11.8 Å². The summed E-state index contributed by atoms with van der Waals surface area (Å²) in [6.45, 7) is 12.1. The number of hydrogen-bond acceptors (Lipinski definition) is 5. The highest BCUT2D eigenvalue weighted by molar-refractivity contribution is 8.18. The number of carbonyl (C=O) groups is 1. The van der Waals surface area contributed by atoms with Crippen molar-refractivity contribution in [1.82, 2.24) is 4.90 Å². The van der Waals surface area contributed by atoms with E-state index in [0.29, 0.717) is 29.3 Å². The Kier molecular flexibility index (Phi) is 7.01. The van der Waals surface area contributed by atoms with E-state index in [1.165, 1.54) is 28.6 Å². The molecule has 0 aromatic heterocycles. The Balaban J connectivity index is 1.69. The van der Waals surface area contributed by atoms with Gasteiger partial charge in [0.2, 0.25) is 0 Å². The Bertz CT molecular complexity index is 1170. The first-order chi connectivity index (χ1) is 16.2. The van der Waals surface area contributed by atoms with Crippen LogP contribution in [0, 0.1) is 0 Å². The Labute approximate surface area is 207 Å². The van der Waals surface area contributed by atoms with Gasteiger partial charge in [0.15, 0.2) is 5.17 Å². The van der Waals surface area contributed by atoms with Crippen LogP contribution in [0.5, 0.6) is 0 Å². The molecule has 6 heteroatoms. The smallest absolute Gasteiger partial charge is 0.266 e. The van der Waals surface area contributed by atoms with E-state index in [9.17, 15) is 4.79 Å². The van der Waals surface area contributed by atoms with Gasteiger partial charge in [-0.2, -0.15) is 0 Å². The number of anilines is 1. The number of benzene rings is 2. The van der Waals surface area contributed by atoms with Gasteiger partial charge in [-0.25, -0.2) is 4.99 Å². The maximum Gasteiger partial charge on any atom is 0.266 e. The summed E-state index contributed by atoms with van der Waals surface area (Å²) in [5.74, 6) is -0.0355. The van der Waals surface area contributed by atoms with E-state index in [1.807, 2.05) is 36.4 Å². The number of allylic oxidation sites excluding steroid dienone is 1. The van der Waals surface area contributed by atoms with Gasteiger partial charge in [-0.05, 0) is 87.9 Å². The highest BCUT2D eigenvalue weighted by atomic mass is 32.2. The largest absolute Gasteiger partial charge is 0.383 e. The summed E-state index contributed by atoms with van der Waals surface area (Å²) < 4.78 is 5.24. The second-order valence-electron chi connectivity index (χ2n) is 9.51. The second-order valence-corrected chi connectivity index (χ2v) is 10.5. The topological polar surface area (TPSA) is 45.1 Å². The number of aliphatic imine (C=N–C) groups is 1. The molecule has 0 spiro atoms. The number of carbonyl (C=O) groups excluding carboxylic acids is 1. The molecule has 1 saturated heterocycles. The van der Waals surface area contributed by atoms with Gasteiger partial charge >= 0.3 is 0 Å². The molecular weight excluding hydrogens is 442 g/mol. The van der Waals surface area contributed by atoms with Crippen LogP contribution in [0.4, 0.5) is 11.4 Å². The number of ether oxygens (including phenoxy) is 1. The van der Waals surface area contributed by atoms with Crippen molar-refractivity contribution in [3.8, 4) is 0 Å². The van der Waals surface area contributed by atoms with Crippen LogP contribution in [-0.2, 0) is 9.53 Å². The fourth-order valence-corrected chi connectivity index (χ4v) is 5.86. The van der Waals surface area contributed by atoms with E-state index >= 15 is 0 Å². The average molecular weight is 476 g/mol. The molecular formula is C28H33N3O2S. The van der Waals surface area contributed by atoms with Gasteiger partial charge in [-0.1, -0.05) is 30.3 Å². The average Bonchev–Trinajstić information content (AvgIpc) is 3.06. The molecule has 0 aliphatic carbocycles. The number of hydrogen-bond donors (Lipinski definition) is 0. The number of amides is 1. The quantitative estimate of drug-likeness (QED) is 0.457. The Morgan fingerprint density at radius 1 is 1.15 bits per heavy atom. The maximum absolute atomic E-state index is 13.3. The monoisotopic (exact) mass is 475 g/mol. The second kappa shape index (κ2) is 9.80. The zero-order valence-corrected chi connectivity index (χ0v) is 21.6. The molecule has 2 aromatic carbocycles. The Morgan fingerprint density at radius 3 is 2.56 bits per heavy atom. The third kappa shape index (κ3) is 4.84. The predicted octanol–water partition coefficient (Wildman–Crippen LogP) is 6.35. The number of para-hydroxylation sites is 1. The molecule has 0 saturated carbocycles. The van der Waals surface area contributed by atoms with Crippen LogP contribution in [0.3, 0.4) is 0 Å². The Morgan fingerprint density at radius 2 is 1.88 bits per heavy atom. The molecule has 0 unspecified atom stereocenters. The number of methoxy groups -OCH3 is 1. The molecule has 0 atom stereocenters. The minimum absolute atomic E-state index is 0.0355. The van der Waals surface area contributed by atoms with Crippen molar-refractivity contribution in [1.29, 1.82) is 0 Å². The summed E-state index contributed by atoms with van der Waals surface area (Å²) in [6.07, 6.45) is 4.31. The lowest BCUT2D eigenvalue weighted by molar-refractivity contribution is -0.122. The van der Waals surface area contributed by atoms with Gasteiger partial charge < -0.3 is 9.64 Å². The predicted molar refractivity (Wildman–Crippen MR) is 144 cm³/mol. The van der Waals surface area contributed by atoms with Crippen molar-refractivity contribution in [2.24, 2.45) is 4.99 Å². The van der Waals surface area contributed by atoms with Crippen LogP contribution in [0.25, 0.3) is 11.6 Å². The summed E-state index contributed by atoms with van der Waals surface area (Å²) in [4.78, 5) is 22.8. The lowest BCUT2D eigenvalue weighted by Gasteiger charge is -2.46. The van der Waals surface area contributed by atoms with Crippen molar-refractivity contribution in [2.75, 3.05) is 25.2 Å². The van der Waals surface area contributed by atoms with Crippen molar-refractivity contribution < 1.29 is 9.53 Å². The van der Waals surface area contributed by atoms with Crippen LogP contribution in [0.2, 0.25) is 0 Å². The molecule has 5 nitrogen and oxygen atoms in total. The fourth-order valence-electron chi connectivity index (χ4n) is 4.84. The minimum Gasteiger partial charge on any atom is -0.383 e. The van der Waals surface area contributed by atoms with Gasteiger partial charge in [0.05, 0.1) is 29.3 Å². The van der Waals surface area contributed by atoms with Crippen molar-refractivity contribution >= 4 is 45.9 Å². The molecule has 2 aliphatic rings. The lowest BCUT2D eigenvalue weighted by atomic mass is 9.87. The number of nitrogens with zero attached hydrogens (tertiary/aromatic N) is 3. The van der Waals surface area contributed by atoms with E-state index in [-0.39, 0.29) is 11.4 Å². The molecule has 0 bridgehead atoms. The van der Waals surface area contributed by atoms with Crippen LogP contribution in [-0.4, -0.2) is 47.8 Å². The highest BCUT2D eigenvalue weighted by Crippen LogP contribution is 2.41. The first-order valence-corrected chi connectivity index (χ1v) is 12.5. The van der Waals surface area contributed by atoms with E-state index < -0.39 is 0 Å². The van der Waals surface area contributed by atoms with E-state index in [2.05, 4.69) is 63.8 Å². The number of rotatable bonds is 6. The lowest BCUT2D eigenvalue weighted by Crippen LogP contribution is -2.49. The van der Waals surface area contributed by atoms with Crippen LogP contribution in [0.15, 0.2) is 64.5 Å². The van der Waals surface area contributed by atoms with Gasteiger partial charge in [-0.15, -0.1) is 0 Å². The normalized spacial score (nSPS) is 19.9. The van der Waals surface area contributed by atoms with Crippen molar-refractivity contribution in [2.45, 2.75) is 46.2 Å². The zero-order valence-electron chi connectivity index (χ0n) is 20.8. The minimum atomic E-state index is -0.0485. The summed E-state index contributed by atoms with van der Waals surface area (Å²) in [7, 11) is 1.64. The summed E-state index contributed by atoms with van der Waals surface area (Å²) in [5.41, 5.74) is 5.50. The van der Waals surface area contributed by atoms with E-state index in [0.717, 1.165) is 11.3 Å². The van der Waals surface area contributed by atoms with Gasteiger partial charge in [0.1, 0.15) is 0 Å². The van der Waals surface area contributed by atoms with Gasteiger partial charge in [0.25, 0.3) is 5.91 Å². The van der Waals surface area contributed by atoms with Crippen LogP contribution < -0.4 is 4.90 Å². The van der Waals surface area contributed by atoms with E-state index in [1.54, 1.807) is 12.0 Å². The van der Waals surface area contributed by atoms with Crippen molar-refractivity contribution in [3.05, 3.63) is 70.6 Å². The summed E-state index contributed by atoms with van der Waals surface area (Å²) in [5, 5.41) is 0.682. The molecule has 1 amide bonds. The molecule has 1 fully saturated rings. The summed E-state index contributed by atoms with van der Waals surface area (Å²) in [6, 6.07) is 16.6. The number of amidine groups is 1. The first kappa shape index (κ1) is 24.3. The van der Waals surface area contributed by atoms with Gasteiger partial charge in [0, 0.05) is 24.4 Å². The third-order valence-electron chi connectivity index (χ3n) is 6.10. The third-order valence-corrected chi connectivity index (χ3v) is 7.10. The molecule has 0 N–H and O–H groups in total. The fraction of sp³-hybridized carbons (Fsp3) is 0.357. The van der Waals surface area contributed by atoms with E-state index in [4.69, 9.17) is 9.73 Å². The maximum atomic E-state index is 13.3. The molecule has 0 radical (unpaired) electrons. The summed E-state index contributed by atoms with van der Waals surface area (Å²) >= 11 is 1.42. The molecule has 2 aromatic rings. The first-order valence-electron chi connectivity index (χ1n) is 11.7. The number of fused-ring (bicyclic) bond motifs is 1. The molecule has 2 aliphatic heterocycles. The highest BCUT2D eigenvalue weighted by Gasteiger charge is 2.35. The molecule has 4 rings (SSSR count). The van der Waals surface area contributed by atoms with Crippen molar-refractivity contribution in [3.63, 3.8) is 0 Å². The van der Waals surface area contributed by atoms with Crippen LogP contribution in [0.1, 0.15) is 45.7 Å².